The maximum Gasteiger partial charge on any atom is 0.162 e. The first kappa shape index (κ1) is 21.2. The van der Waals surface area contributed by atoms with Crippen LogP contribution in [0.5, 0.6) is 23.0 Å². The number of aliphatic imine (C=N–C) groups is 1. The van der Waals surface area contributed by atoms with Crippen molar-refractivity contribution in [3.8, 4) is 23.0 Å². The predicted molar refractivity (Wildman–Crippen MR) is 126 cm³/mol. The molecule has 1 aliphatic heterocycles. The van der Waals surface area contributed by atoms with Crippen LogP contribution in [-0.2, 0) is 0 Å². The Morgan fingerprint density at radius 1 is 0.719 bits per heavy atom. The minimum atomic E-state index is 0.270. The van der Waals surface area contributed by atoms with Gasteiger partial charge in [-0.25, -0.2) is 0 Å². The van der Waals surface area contributed by atoms with Gasteiger partial charge in [0.2, 0.25) is 0 Å². The second kappa shape index (κ2) is 9.05. The highest BCUT2D eigenvalue weighted by Crippen LogP contribution is 2.45. The molecule has 1 heterocycles. The summed E-state index contributed by atoms with van der Waals surface area (Å²) in [4.78, 5) is 5.30. The lowest BCUT2D eigenvalue weighted by Crippen LogP contribution is -2.29. The molecule has 2 fully saturated rings. The molecule has 0 spiro atoms. The van der Waals surface area contributed by atoms with Crippen molar-refractivity contribution in [2.45, 2.75) is 69.4 Å². The van der Waals surface area contributed by atoms with Crippen LogP contribution < -0.4 is 18.9 Å². The van der Waals surface area contributed by atoms with E-state index < -0.39 is 0 Å². The molecule has 2 atom stereocenters. The average molecular weight is 436 g/mol. The lowest BCUT2D eigenvalue weighted by atomic mass is 9.75. The number of ether oxygens (including phenoxy) is 4. The normalized spacial score (nSPS) is 22.5. The van der Waals surface area contributed by atoms with Crippen LogP contribution in [0.25, 0.3) is 0 Å². The second-order valence-corrected chi connectivity index (χ2v) is 9.12. The first-order chi connectivity index (χ1) is 15.7. The third kappa shape index (κ3) is 3.82. The smallest absolute Gasteiger partial charge is 0.162 e. The van der Waals surface area contributed by atoms with Crippen LogP contribution in [0, 0.1) is 0 Å². The lowest BCUT2D eigenvalue weighted by Gasteiger charge is -2.36. The molecular formula is C27H33NO4. The van der Waals surface area contributed by atoms with Crippen LogP contribution in [0.3, 0.4) is 0 Å². The summed E-state index contributed by atoms with van der Waals surface area (Å²) in [6.07, 6.45) is 9.74. The van der Waals surface area contributed by atoms with Gasteiger partial charge in [0.25, 0.3) is 0 Å². The Bertz CT molecular complexity index is 1010. The molecule has 2 aromatic rings. The summed E-state index contributed by atoms with van der Waals surface area (Å²) < 4.78 is 23.3. The van der Waals surface area contributed by atoms with Crippen molar-refractivity contribution in [3.05, 3.63) is 47.0 Å². The lowest BCUT2D eigenvalue weighted by molar-refractivity contribution is 0.201. The van der Waals surface area contributed by atoms with Gasteiger partial charge in [-0.1, -0.05) is 12.8 Å². The molecule has 2 aliphatic carbocycles. The number of nitrogens with zero attached hydrogens (tertiary/aromatic N) is 1. The van der Waals surface area contributed by atoms with E-state index in [1.165, 1.54) is 37.7 Å². The zero-order valence-corrected chi connectivity index (χ0v) is 19.4. The Morgan fingerprint density at radius 2 is 1.41 bits per heavy atom. The van der Waals surface area contributed by atoms with E-state index >= 15 is 0 Å². The Labute approximate surface area is 190 Å². The number of benzene rings is 2. The third-order valence-corrected chi connectivity index (χ3v) is 7.27. The minimum Gasteiger partial charge on any atom is -0.493 e. The van der Waals surface area contributed by atoms with E-state index in [0.29, 0.717) is 12.0 Å². The fourth-order valence-corrected chi connectivity index (χ4v) is 5.60. The van der Waals surface area contributed by atoms with Crippen LogP contribution >= 0.6 is 0 Å². The number of hydrogen-bond donors (Lipinski definition) is 0. The summed E-state index contributed by atoms with van der Waals surface area (Å²) >= 11 is 0. The molecule has 2 aromatic carbocycles. The molecule has 0 saturated heterocycles. The van der Waals surface area contributed by atoms with Crippen LogP contribution in [0.15, 0.2) is 35.3 Å². The van der Waals surface area contributed by atoms with Crippen LogP contribution in [0.4, 0.5) is 0 Å². The van der Waals surface area contributed by atoms with Crippen LogP contribution in [0.1, 0.15) is 74.0 Å². The Kier molecular flexibility index (Phi) is 5.99. The predicted octanol–water partition coefficient (Wildman–Crippen LogP) is 5.91. The standard InChI is InChI=1S/C27H33NO4/c1-29-23-13-12-17(14-26(23)32-18-8-4-5-9-18)27-21-16-25(31-3)24(30-2)15-20(21)19-10-6-7-11-22(19)28-27/h12-16,18-19,22H,4-11H2,1-3H3. The van der Waals surface area contributed by atoms with Crippen LogP contribution in [0.2, 0.25) is 0 Å². The van der Waals surface area contributed by atoms with Crippen molar-refractivity contribution in [1.29, 1.82) is 0 Å². The maximum absolute atomic E-state index is 6.38. The molecule has 0 bridgehead atoms. The van der Waals surface area contributed by atoms with E-state index in [-0.39, 0.29) is 6.10 Å². The van der Waals surface area contributed by atoms with E-state index in [1.807, 2.05) is 6.07 Å². The van der Waals surface area contributed by atoms with E-state index in [0.717, 1.165) is 59.1 Å². The fourth-order valence-electron chi connectivity index (χ4n) is 5.60. The van der Waals surface area contributed by atoms with Gasteiger partial charge in [-0.05, 0) is 74.4 Å². The van der Waals surface area contributed by atoms with Crippen molar-refractivity contribution in [3.63, 3.8) is 0 Å². The van der Waals surface area contributed by atoms with Gasteiger partial charge in [0.15, 0.2) is 23.0 Å². The molecule has 2 unspecified atom stereocenters. The number of hydrogen-bond acceptors (Lipinski definition) is 5. The summed E-state index contributed by atoms with van der Waals surface area (Å²) in [6, 6.07) is 10.8. The molecule has 0 N–H and O–H groups in total. The molecule has 5 rings (SSSR count). The van der Waals surface area contributed by atoms with Gasteiger partial charge >= 0.3 is 0 Å². The van der Waals surface area contributed by atoms with E-state index in [9.17, 15) is 0 Å². The van der Waals surface area contributed by atoms with E-state index in [1.54, 1.807) is 21.3 Å². The summed E-state index contributed by atoms with van der Waals surface area (Å²) in [5, 5.41) is 0. The van der Waals surface area contributed by atoms with Gasteiger partial charge < -0.3 is 18.9 Å². The summed E-state index contributed by atoms with van der Waals surface area (Å²) in [5.74, 6) is 3.56. The quantitative estimate of drug-likeness (QED) is 0.566. The molecule has 32 heavy (non-hydrogen) atoms. The highest BCUT2D eigenvalue weighted by Gasteiger charge is 2.35. The average Bonchev–Trinajstić information content (AvgIpc) is 3.35. The summed E-state index contributed by atoms with van der Waals surface area (Å²) in [5.41, 5.74) is 4.55. The zero-order valence-electron chi connectivity index (χ0n) is 19.4. The largest absolute Gasteiger partial charge is 0.493 e. The van der Waals surface area contributed by atoms with Crippen molar-refractivity contribution in [2.24, 2.45) is 4.99 Å². The molecule has 2 saturated carbocycles. The topological polar surface area (TPSA) is 49.3 Å². The zero-order chi connectivity index (χ0) is 22.1. The summed E-state index contributed by atoms with van der Waals surface area (Å²) in [6.45, 7) is 0. The van der Waals surface area contributed by atoms with Crippen LogP contribution in [-0.4, -0.2) is 39.2 Å². The Hall–Kier alpha value is -2.69. The Morgan fingerprint density at radius 3 is 2.16 bits per heavy atom. The molecule has 0 amide bonds. The second-order valence-electron chi connectivity index (χ2n) is 9.12. The van der Waals surface area contributed by atoms with E-state index in [4.69, 9.17) is 23.9 Å². The number of methoxy groups -OCH3 is 3. The van der Waals surface area contributed by atoms with Gasteiger partial charge in [-0.2, -0.15) is 0 Å². The highest BCUT2D eigenvalue weighted by atomic mass is 16.5. The monoisotopic (exact) mass is 435 g/mol. The van der Waals surface area contributed by atoms with Crippen molar-refractivity contribution >= 4 is 5.71 Å². The third-order valence-electron chi connectivity index (χ3n) is 7.27. The van der Waals surface area contributed by atoms with Gasteiger partial charge in [-0.3, -0.25) is 4.99 Å². The molecular weight excluding hydrogens is 402 g/mol. The Balaban J connectivity index is 1.60. The van der Waals surface area contributed by atoms with Gasteiger partial charge in [-0.15, -0.1) is 0 Å². The van der Waals surface area contributed by atoms with E-state index in [2.05, 4.69) is 24.3 Å². The summed E-state index contributed by atoms with van der Waals surface area (Å²) in [7, 11) is 5.10. The van der Waals surface area contributed by atoms with Gasteiger partial charge in [0.1, 0.15) is 0 Å². The van der Waals surface area contributed by atoms with Crippen molar-refractivity contribution < 1.29 is 18.9 Å². The fraction of sp³-hybridized carbons (Fsp3) is 0.519. The molecule has 0 aromatic heterocycles. The molecule has 3 aliphatic rings. The highest BCUT2D eigenvalue weighted by molar-refractivity contribution is 6.15. The first-order valence-electron chi connectivity index (χ1n) is 11.9. The number of rotatable bonds is 6. The molecule has 0 radical (unpaired) electrons. The van der Waals surface area contributed by atoms with Crippen molar-refractivity contribution in [2.75, 3.05) is 21.3 Å². The molecule has 170 valence electrons. The first-order valence-corrected chi connectivity index (χ1v) is 11.9. The molecule has 5 nitrogen and oxygen atoms in total. The van der Waals surface area contributed by atoms with Crippen molar-refractivity contribution in [1.82, 2.24) is 0 Å². The maximum atomic E-state index is 6.38. The molecule has 5 heteroatoms. The van der Waals surface area contributed by atoms with Gasteiger partial charge in [0.05, 0.1) is 39.2 Å². The minimum absolute atomic E-state index is 0.270. The number of fused-ring (bicyclic) bond motifs is 3. The SMILES string of the molecule is COc1cc2c(cc1OC)C1CCCCC1N=C2c1ccc(OC)c(OC2CCCC2)c1. The van der Waals surface area contributed by atoms with Gasteiger partial charge in [0, 0.05) is 17.0 Å².